The summed E-state index contributed by atoms with van der Waals surface area (Å²) in [5.74, 6) is 0. The van der Waals surface area contributed by atoms with Gasteiger partial charge in [-0.2, -0.15) is 0 Å². The molecule has 1 aromatic heterocycles. The molecule has 0 saturated heterocycles. The second-order valence-corrected chi connectivity index (χ2v) is 6.20. The summed E-state index contributed by atoms with van der Waals surface area (Å²) in [6.45, 7) is 13.2. The third-order valence-corrected chi connectivity index (χ3v) is 3.03. The maximum atomic E-state index is 4.22. The Hall–Kier alpha value is -0.440. The van der Waals surface area contributed by atoms with Crippen molar-refractivity contribution >= 4 is 11.5 Å². The predicted octanol–water partition coefficient (Wildman–Crippen LogP) is 3.13. The van der Waals surface area contributed by atoms with E-state index < -0.39 is 0 Å². The first-order valence-electron chi connectivity index (χ1n) is 4.56. The zero-order valence-electron chi connectivity index (χ0n) is 9.30. The van der Waals surface area contributed by atoms with Gasteiger partial charge in [-0.05, 0) is 16.9 Å². The molecule has 0 saturated carbocycles. The van der Waals surface area contributed by atoms with Gasteiger partial charge in [-0.15, -0.1) is 5.10 Å². The van der Waals surface area contributed by atoms with Crippen LogP contribution in [-0.4, -0.2) is 9.59 Å². The van der Waals surface area contributed by atoms with Crippen molar-refractivity contribution in [1.29, 1.82) is 0 Å². The van der Waals surface area contributed by atoms with Gasteiger partial charge in [0.25, 0.3) is 0 Å². The van der Waals surface area contributed by atoms with Crippen molar-refractivity contribution in [2.24, 2.45) is 0 Å². The fourth-order valence-corrected chi connectivity index (χ4v) is 2.08. The number of rotatable bonds is 0. The van der Waals surface area contributed by atoms with Gasteiger partial charge in [0.15, 0.2) is 0 Å². The average molecular weight is 198 g/mol. The van der Waals surface area contributed by atoms with Crippen LogP contribution in [0.3, 0.4) is 0 Å². The van der Waals surface area contributed by atoms with E-state index in [2.05, 4.69) is 51.1 Å². The number of hydrogen-bond acceptors (Lipinski definition) is 3. The fourth-order valence-electron chi connectivity index (χ4n) is 1.17. The van der Waals surface area contributed by atoms with E-state index in [0.29, 0.717) is 0 Å². The second kappa shape index (κ2) is 3.05. The van der Waals surface area contributed by atoms with Crippen LogP contribution < -0.4 is 0 Å². The summed E-state index contributed by atoms with van der Waals surface area (Å²) < 4.78 is 4.05. The van der Waals surface area contributed by atoms with Crippen molar-refractivity contribution in [2.75, 3.05) is 0 Å². The summed E-state index contributed by atoms with van der Waals surface area (Å²) in [6.07, 6.45) is 0. The lowest BCUT2D eigenvalue weighted by Gasteiger charge is -2.23. The van der Waals surface area contributed by atoms with Gasteiger partial charge in [0.2, 0.25) is 0 Å². The normalized spacial score (nSPS) is 13.4. The van der Waals surface area contributed by atoms with Crippen LogP contribution in [0.4, 0.5) is 0 Å². The molecule has 0 atom stereocenters. The Labute approximate surface area is 84.5 Å². The van der Waals surface area contributed by atoms with E-state index in [9.17, 15) is 0 Å². The molecule has 1 aromatic rings. The topological polar surface area (TPSA) is 25.8 Å². The molecule has 0 spiro atoms. The zero-order valence-corrected chi connectivity index (χ0v) is 10.1. The van der Waals surface area contributed by atoms with Crippen LogP contribution in [0.5, 0.6) is 0 Å². The van der Waals surface area contributed by atoms with Crippen molar-refractivity contribution in [2.45, 2.75) is 52.4 Å². The molecule has 0 unspecified atom stereocenters. The molecule has 0 aliphatic rings. The minimum atomic E-state index is 0.107. The van der Waals surface area contributed by atoms with Crippen molar-refractivity contribution in [3.63, 3.8) is 0 Å². The van der Waals surface area contributed by atoms with Crippen LogP contribution in [0.15, 0.2) is 0 Å². The van der Waals surface area contributed by atoms with E-state index in [1.54, 1.807) is 0 Å². The molecule has 1 rings (SSSR count). The highest BCUT2D eigenvalue weighted by molar-refractivity contribution is 7.05. The highest BCUT2D eigenvalue weighted by Crippen LogP contribution is 2.34. The van der Waals surface area contributed by atoms with Crippen molar-refractivity contribution < 1.29 is 0 Å². The van der Waals surface area contributed by atoms with Crippen molar-refractivity contribution in [1.82, 2.24) is 9.59 Å². The average Bonchev–Trinajstić information content (AvgIpc) is 2.27. The van der Waals surface area contributed by atoms with E-state index in [-0.39, 0.29) is 10.8 Å². The molecular weight excluding hydrogens is 180 g/mol. The Morgan fingerprint density at radius 1 is 0.923 bits per heavy atom. The van der Waals surface area contributed by atoms with E-state index >= 15 is 0 Å². The van der Waals surface area contributed by atoms with E-state index in [1.165, 1.54) is 16.4 Å². The summed E-state index contributed by atoms with van der Waals surface area (Å²) in [7, 11) is 0. The molecule has 0 aliphatic heterocycles. The quantitative estimate of drug-likeness (QED) is 0.640. The Morgan fingerprint density at radius 2 is 1.46 bits per heavy atom. The van der Waals surface area contributed by atoms with Crippen molar-refractivity contribution in [3.05, 3.63) is 10.6 Å². The largest absolute Gasteiger partial charge is 0.142 e. The van der Waals surface area contributed by atoms with Crippen LogP contribution in [0.2, 0.25) is 0 Å². The van der Waals surface area contributed by atoms with Gasteiger partial charge >= 0.3 is 0 Å². The van der Waals surface area contributed by atoms with Crippen LogP contribution in [0.1, 0.15) is 52.1 Å². The van der Waals surface area contributed by atoms with Gasteiger partial charge in [0.1, 0.15) is 0 Å². The van der Waals surface area contributed by atoms with Crippen LogP contribution in [-0.2, 0) is 10.8 Å². The highest BCUT2D eigenvalue weighted by atomic mass is 32.1. The molecular formula is C10H18N2S. The minimum absolute atomic E-state index is 0.107. The molecule has 0 fully saturated rings. The van der Waals surface area contributed by atoms with E-state index in [0.717, 1.165) is 5.69 Å². The Balaban J connectivity index is 3.19. The van der Waals surface area contributed by atoms with Gasteiger partial charge in [-0.1, -0.05) is 46.0 Å². The molecule has 74 valence electrons. The summed E-state index contributed by atoms with van der Waals surface area (Å²) in [5, 5.41) is 4.22. The van der Waals surface area contributed by atoms with Crippen LogP contribution in [0, 0.1) is 0 Å². The molecule has 1 heterocycles. The summed E-state index contributed by atoms with van der Waals surface area (Å²) in [5.41, 5.74) is 1.41. The molecule has 2 nitrogen and oxygen atoms in total. The first-order valence-corrected chi connectivity index (χ1v) is 5.33. The number of aromatic nitrogens is 2. The summed E-state index contributed by atoms with van der Waals surface area (Å²) in [4.78, 5) is 1.31. The predicted molar refractivity (Wildman–Crippen MR) is 57.3 cm³/mol. The van der Waals surface area contributed by atoms with Gasteiger partial charge in [0.05, 0.1) is 10.6 Å². The Bertz CT molecular complexity index is 260. The molecule has 0 amide bonds. The minimum Gasteiger partial charge on any atom is -0.142 e. The first-order chi connectivity index (χ1) is 5.73. The SMILES string of the molecule is CC(C)(C)c1nnsc1C(C)(C)C. The number of hydrogen-bond donors (Lipinski definition) is 0. The van der Waals surface area contributed by atoms with Gasteiger partial charge in [-0.25, -0.2) is 0 Å². The van der Waals surface area contributed by atoms with Gasteiger partial charge < -0.3 is 0 Å². The molecule has 13 heavy (non-hydrogen) atoms. The highest BCUT2D eigenvalue weighted by Gasteiger charge is 2.28. The van der Waals surface area contributed by atoms with Crippen molar-refractivity contribution in [3.8, 4) is 0 Å². The molecule has 0 radical (unpaired) electrons. The smallest absolute Gasteiger partial charge is 0.0846 e. The maximum Gasteiger partial charge on any atom is 0.0846 e. The maximum absolute atomic E-state index is 4.22. The van der Waals surface area contributed by atoms with Crippen LogP contribution >= 0.6 is 11.5 Å². The molecule has 3 heteroatoms. The molecule has 0 bridgehead atoms. The van der Waals surface area contributed by atoms with E-state index in [1.807, 2.05) is 0 Å². The van der Waals surface area contributed by atoms with Gasteiger partial charge in [-0.3, -0.25) is 0 Å². The second-order valence-electron chi connectivity index (χ2n) is 5.45. The van der Waals surface area contributed by atoms with Crippen LogP contribution in [0.25, 0.3) is 0 Å². The lowest BCUT2D eigenvalue weighted by atomic mass is 9.84. The molecule has 0 aromatic carbocycles. The Kier molecular flexibility index (Phi) is 2.50. The van der Waals surface area contributed by atoms with Gasteiger partial charge in [0, 0.05) is 5.41 Å². The standard InChI is InChI=1S/C10H18N2S/c1-9(2,3)7-8(10(4,5)6)13-12-11-7/h1-6H3. The molecule has 0 aliphatic carbocycles. The lowest BCUT2D eigenvalue weighted by molar-refractivity contribution is 0.524. The lowest BCUT2D eigenvalue weighted by Crippen LogP contribution is -2.20. The zero-order chi connectivity index (χ0) is 10.3. The Morgan fingerprint density at radius 3 is 1.77 bits per heavy atom. The first kappa shape index (κ1) is 10.6. The third kappa shape index (κ3) is 2.27. The van der Waals surface area contributed by atoms with E-state index in [4.69, 9.17) is 0 Å². The molecule has 0 N–H and O–H groups in total. The third-order valence-electron chi connectivity index (χ3n) is 1.88. The number of nitrogens with zero attached hydrogens (tertiary/aromatic N) is 2. The summed E-state index contributed by atoms with van der Waals surface area (Å²) >= 11 is 1.52. The fraction of sp³-hybridized carbons (Fsp3) is 0.800. The summed E-state index contributed by atoms with van der Waals surface area (Å²) in [6, 6.07) is 0. The monoisotopic (exact) mass is 198 g/mol.